The molecule has 2 N–H and O–H groups in total. The number of aromatic hydroxyl groups is 1. The van der Waals surface area contributed by atoms with Crippen LogP contribution < -0.4 is 14.5 Å². The summed E-state index contributed by atoms with van der Waals surface area (Å²) in [6.07, 6.45) is 0. The highest BCUT2D eigenvalue weighted by Gasteiger charge is 2.47. The number of Topliss-reactive ketones (excluding diaryl/α,β-unsaturated/α-hetero) is 1. The van der Waals surface area contributed by atoms with Gasteiger partial charge in [-0.3, -0.25) is 14.5 Å². The van der Waals surface area contributed by atoms with Gasteiger partial charge in [-0.15, -0.1) is 0 Å². The van der Waals surface area contributed by atoms with E-state index < -0.39 is 17.7 Å². The second kappa shape index (κ2) is 11.4. The van der Waals surface area contributed by atoms with E-state index in [9.17, 15) is 19.8 Å². The van der Waals surface area contributed by atoms with Crippen molar-refractivity contribution >= 4 is 28.8 Å². The number of aliphatic hydroxyl groups is 1. The van der Waals surface area contributed by atoms with E-state index in [0.717, 1.165) is 31.9 Å². The van der Waals surface area contributed by atoms with E-state index in [1.165, 1.54) is 17.0 Å². The SMILES string of the molecule is CC(C)COc1ccc(/C(O)=C2\C(=O)C(=O)N(c3ccc(N4CCN(C)CC4)cc3)C2c2ccc(O)cc2)cc1. The van der Waals surface area contributed by atoms with Crippen LogP contribution >= 0.6 is 0 Å². The van der Waals surface area contributed by atoms with Crippen molar-refractivity contribution in [3.8, 4) is 11.5 Å². The molecule has 8 nitrogen and oxygen atoms in total. The molecule has 2 aliphatic rings. The summed E-state index contributed by atoms with van der Waals surface area (Å²) in [5, 5.41) is 21.3. The van der Waals surface area contributed by atoms with E-state index in [4.69, 9.17) is 4.74 Å². The van der Waals surface area contributed by atoms with Crippen molar-refractivity contribution in [3.05, 3.63) is 89.5 Å². The van der Waals surface area contributed by atoms with Crippen LogP contribution in [-0.4, -0.2) is 66.6 Å². The number of aliphatic hydroxyl groups excluding tert-OH is 1. The fraction of sp³-hybridized carbons (Fsp3) is 0.312. The lowest BCUT2D eigenvalue weighted by molar-refractivity contribution is -0.132. The normalized spacial score (nSPS) is 19.4. The number of rotatable bonds is 7. The van der Waals surface area contributed by atoms with Crippen molar-refractivity contribution in [2.45, 2.75) is 19.9 Å². The minimum absolute atomic E-state index is 0.00492. The Balaban J connectivity index is 1.52. The predicted octanol–water partition coefficient (Wildman–Crippen LogP) is 4.81. The lowest BCUT2D eigenvalue weighted by atomic mass is 9.95. The third-order valence-electron chi connectivity index (χ3n) is 7.36. The van der Waals surface area contributed by atoms with E-state index in [1.54, 1.807) is 36.4 Å². The molecule has 0 aromatic heterocycles. The Morgan fingerprint density at radius 3 is 2.08 bits per heavy atom. The summed E-state index contributed by atoms with van der Waals surface area (Å²) >= 11 is 0. The van der Waals surface area contributed by atoms with Gasteiger partial charge in [0.1, 0.15) is 17.3 Å². The van der Waals surface area contributed by atoms with E-state index >= 15 is 0 Å². The number of nitrogens with zero attached hydrogens (tertiary/aromatic N) is 3. The molecular weight excluding hydrogens is 506 g/mol. The molecule has 208 valence electrons. The molecule has 0 bridgehead atoms. The Kier molecular flexibility index (Phi) is 7.80. The first-order valence-electron chi connectivity index (χ1n) is 13.6. The number of hydrogen-bond donors (Lipinski definition) is 2. The zero-order valence-corrected chi connectivity index (χ0v) is 23.1. The molecule has 0 radical (unpaired) electrons. The number of amides is 1. The maximum absolute atomic E-state index is 13.5. The van der Waals surface area contributed by atoms with Gasteiger partial charge in [-0.2, -0.15) is 0 Å². The van der Waals surface area contributed by atoms with Crippen molar-refractivity contribution in [1.29, 1.82) is 0 Å². The standard InChI is InChI=1S/C32H35N3O5/c1-21(2)20-40-27-14-6-23(7-15-27)30(37)28-29(22-4-12-26(36)13-5-22)35(32(39)31(28)38)25-10-8-24(9-11-25)34-18-16-33(3)17-19-34/h4-15,21,29,36-37H,16-20H2,1-3H3/b30-28+. The van der Waals surface area contributed by atoms with Gasteiger partial charge < -0.3 is 24.7 Å². The van der Waals surface area contributed by atoms with Gasteiger partial charge in [0.2, 0.25) is 0 Å². The molecule has 2 fully saturated rings. The fourth-order valence-corrected chi connectivity index (χ4v) is 5.09. The number of anilines is 2. The number of carbonyl (C=O) groups excluding carboxylic acids is 2. The molecule has 1 atom stereocenters. The van der Waals surface area contributed by atoms with E-state index in [0.29, 0.717) is 35.1 Å². The minimum atomic E-state index is -0.869. The number of phenols is 1. The zero-order chi connectivity index (χ0) is 28.4. The van der Waals surface area contributed by atoms with Crippen molar-refractivity contribution in [2.75, 3.05) is 49.6 Å². The first-order chi connectivity index (χ1) is 19.2. The summed E-state index contributed by atoms with van der Waals surface area (Å²) in [6.45, 7) is 8.45. The largest absolute Gasteiger partial charge is 0.508 e. The van der Waals surface area contributed by atoms with Gasteiger partial charge in [0.25, 0.3) is 11.7 Å². The molecule has 1 unspecified atom stereocenters. The molecule has 0 saturated carbocycles. The molecule has 2 heterocycles. The fourth-order valence-electron chi connectivity index (χ4n) is 5.09. The average molecular weight is 542 g/mol. The number of piperazine rings is 1. The highest BCUT2D eigenvalue weighted by molar-refractivity contribution is 6.51. The van der Waals surface area contributed by atoms with Crippen LogP contribution in [0.15, 0.2) is 78.4 Å². The van der Waals surface area contributed by atoms with Crippen LogP contribution in [-0.2, 0) is 9.59 Å². The molecular formula is C32H35N3O5. The van der Waals surface area contributed by atoms with Gasteiger partial charge in [-0.1, -0.05) is 26.0 Å². The maximum atomic E-state index is 13.5. The Morgan fingerprint density at radius 1 is 0.875 bits per heavy atom. The van der Waals surface area contributed by atoms with Crippen LogP contribution in [0.4, 0.5) is 11.4 Å². The number of ether oxygens (including phenoxy) is 1. The quantitative estimate of drug-likeness (QED) is 0.252. The predicted molar refractivity (Wildman–Crippen MR) is 156 cm³/mol. The number of phenolic OH excluding ortho intramolecular Hbond substituents is 1. The van der Waals surface area contributed by atoms with E-state index in [2.05, 4.69) is 30.7 Å². The molecule has 2 saturated heterocycles. The Labute approximate surface area is 234 Å². The molecule has 2 aliphatic heterocycles. The summed E-state index contributed by atoms with van der Waals surface area (Å²) in [7, 11) is 2.11. The number of benzene rings is 3. The van der Waals surface area contributed by atoms with Crippen LogP contribution in [0.3, 0.4) is 0 Å². The Morgan fingerprint density at radius 2 is 1.48 bits per heavy atom. The van der Waals surface area contributed by atoms with Crippen molar-refractivity contribution in [1.82, 2.24) is 4.90 Å². The highest BCUT2D eigenvalue weighted by Crippen LogP contribution is 2.43. The molecule has 5 rings (SSSR count). The van der Waals surface area contributed by atoms with Gasteiger partial charge in [-0.05, 0) is 79.2 Å². The van der Waals surface area contributed by atoms with Crippen LogP contribution in [0.25, 0.3) is 5.76 Å². The van der Waals surface area contributed by atoms with Crippen LogP contribution in [0.5, 0.6) is 11.5 Å². The third kappa shape index (κ3) is 5.53. The minimum Gasteiger partial charge on any atom is -0.508 e. The van der Waals surface area contributed by atoms with Crippen LogP contribution in [0.2, 0.25) is 0 Å². The Hall–Kier alpha value is -4.30. The van der Waals surface area contributed by atoms with Crippen LogP contribution in [0.1, 0.15) is 31.0 Å². The van der Waals surface area contributed by atoms with E-state index in [-0.39, 0.29) is 17.1 Å². The zero-order valence-electron chi connectivity index (χ0n) is 23.1. The van der Waals surface area contributed by atoms with Crippen LogP contribution in [0, 0.1) is 5.92 Å². The van der Waals surface area contributed by atoms with Crippen molar-refractivity contribution in [2.24, 2.45) is 5.92 Å². The number of carbonyl (C=O) groups is 2. The van der Waals surface area contributed by atoms with Gasteiger partial charge in [-0.25, -0.2) is 0 Å². The molecule has 3 aromatic rings. The molecule has 1 amide bonds. The number of hydrogen-bond acceptors (Lipinski definition) is 7. The number of ketones is 1. The topological polar surface area (TPSA) is 93.5 Å². The first-order valence-corrected chi connectivity index (χ1v) is 13.6. The summed E-state index contributed by atoms with van der Waals surface area (Å²) in [5.41, 5.74) is 2.60. The second-order valence-corrected chi connectivity index (χ2v) is 10.8. The van der Waals surface area contributed by atoms with Gasteiger partial charge in [0, 0.05) is 43.1 Å². The monoisotopic (exact) mass is 541 g/mol. The highest BCUT2D eigenvalue weighted by atomic mass is 16.5. The van der Waals surface area contributed by atoms with Crippen molar-refractivity contribution < 1.29 is 24.5 Å². The van der Waals surface area contributed by atoms with Gasteiger partial charge in [0.05, 0.1) is 18.2 Å². The summed E-state index contributed by atoms with van der Waals surface area (Å²) in [6, 6.07) is 19.9. The van der Waals surface area contributed by atoms with Gasteiger partial charge in [0.15, 0.2) is 0 Å². The van der Waals surface area contributed by atoms with Gasteiger partial charge >= 0.3 is 0 Å². The third-order valence-corrected chi connectivity index (χ3v) is 7.36. The summed E-state index contributed by atoms with van der Waals surface area (Å²) in [5.74, 6) is -0.661. The molecule has 0 aliphatic carbocycles. The maximum Gasteiger partial charge on any atom is 0.300 e. The first kappa shape index (κ1) is 27.3. The molecule has 40 heavy (non-hydrogen) atoms. The molecule has 3 aromatic carbocycles. The second-order valence-electron chi connectivity index (χ2n) is 10.8. The summed E-state index contributed by atoms with van der Waals surface area (Å²) < 4.78 is 5.74. The summed E-state index contributed by atoms with van der Waals surface area (Å²) in [4.78, 5) is 32.9. The molecule has 8 heteroatoms. The van der Waals surface area contributed by atoms with Crippen molar-refractivity contribution in [3.63, 3.8) is 0 Å². The average Bonchev–Trinajstić information content (AvgIpc) is 3.22. The number of likely N-dealkylation sites (N-methyl/N-ethyl adjacent to an activating group) is 1. The Bertz CT molecular complexity index is 1390. The lowest BCUT2D eigenvalue weighted by Crippen LogP contribution is -2.44. The van der Waals surface area contributed by atoms with E-state index in [1.807, 2.05) is 24.3 Å². The molecule has 0 spiro atoms. The smallest absolute Gasteiger partial charge is 0.300 e. The lowest BCUT2D eigenvalue weighted by Gasteiger charge is -2.34.